The van der Waals surface area contributed by atoms with E-state index in [4.69, 9.17) is 34.0 Å². The first-order chi connectivity index (χ1) is 14.9. The van der Waals surface area contributed by atoms with Gasteiger partial charge in [-0.25, -0.2) is 4.68 Å². The highest BCUT2D eigenvalue weighted by atomic mass is 79.9. The number of nitrogens with zero attached hydrogens (tertiary/aromatic N) is 3. The van der Waals surface area contributed by atoms with Gasteiger partial charge in [-0.2, -0.15) is 5.10 Å². The van der Waals surface area contributed by atoms with Crippen molar-refractivity contribution in [3.63, 3.8) is 0 Å². The number of carbonyl (C=O) groups is 1. The van der Waals surface area contributed by atoms with Crippen LogP contribution in [-0.2, 0) is 6.42 Å². The number of likely N-dealkylation sites (tertiary alicyclic amines) is 1. The van der Waals surface area contributed by atoms with Crippen molar-refractivity contribution >= 4 is 45.0 Å². The number of hydrogen-bond donors (Lipinski definition) is 1. The quantitative estimate of drug-likeness (QED) is 0.476. The van der Waals surface area contributed by atoms with Gasteiger partial charge in [0.1, 0.15) is 0 Å². The Balaban J connectivity index is 1.80. The largest absolute Gasteiger partial charge is 0.364 e. The lowest BCUT2D eigenvalue weighted by atomic mass is 9.83. The van der Waals surface area contributed by atoms with Crippen LogP contribution >= 0.6 is 39.1 Å². The van der Waals surface area contributed by atoms with E-state index in [0.29, 0.717) is 21.4 Å². The zero-order chi connectivity index (χ0) is 21.7. The number of carbonyl (C=O) groups excluding carboxylic acids is 1. The second-order valence-electron chi connectivity index (χ2n) is 8.10. The molecule has 1 amide bonds. The molecule has 1 atom stereocenters. The highest BCUT2D eigenvalue weighted by Gasteiger charge is 2.37. The molecular formula is C23H21BrCl2N4O. The molecule has 160 valence electrons. The normalized spacial score (nSPS) is 18.5. The Hall–Kier alpha value is -1.86. The lowest BCUT2D eigenvalue weighted by molar-refractivity contribution is 0.0989. The molecule has 5 rings (SSSR count). The molecule has 3 aromatic rings. The van der Waals surface area contributed by atoms with Crippen LogP contribution in [0.25, 0.3) is 16.9 Å². The number of hydrogen-bond acceptors (Lipinski definition) is 3. The van der Waals surface area contributed by atoms with Gasteiger partial charge in [-0.05, 0) is 68.2 Å². The van der Waals surface area contributed by atoms with Gasteiger partial charge in [0.2, 0.25) is 0 Å². The number of primary amides is 1. The van der Waals surface area contributed by atoms with E-state index in [0.717, 1.165) is 53.6 Å². The molecule has 0 radical (unpaired) electrons. The van der Waals surface area contributed by atoms with Gasteiger partial charge in [0.05, 0.1) is 16.4 Å². The molecule has 2 N–H and O–H groups in total. The summed E-state index contributed by atoms with van der Waals surface area (Å²) in [6.07, 6.45) is 4.35. The maximum Gasteiger partial charge on any atom is 0.269 e. The summed E-state index contributed by atoms with van der Waals surface area (Å²) in [5, 5.41) is 5.70. The van der Waals surface area contributed by atoms with Crippen molar-refractivity contribution < 1.29 is 4.79 Å². The number of aromatic nitrogens is 2. The monoisotopic (exact) mass is 518 g/mol. The van der Waals surface area contributed by atoms with Crippen LogP contribution in [-0.4, -0.2) is 33.7 Å². The van der Waals surface area contributed by atoms with Crippen LogP contribution in [0, 0.1) is 0 Å². The minimum atomic E-state index is -0.525. The lowest BCUT2D eigenvalue weighted by Gasteiger charge is -2.38. The fourth-order valence-electron chi connectivity index (χ4n) is 4.83. The summed E-state index contributed by atoms with van der Waals surface area (Å²) in [6, 6.07) is 11.6. The van der Waals surface area contributed by atoms with Gasteiger partial charge < -0.3 is 5.73 Å². The Bertz CT molecular complexity index is 1190. The first kappa shape index (κ1) is 21.0. The molecule has 1 aliphatic heterocycles. The number of benzene rings is 2. The van der Waals surface area contributed by atoms with Crippen molar-refractivity contribution in [3.05, 3.63) is 67.7 Å². The van der Waals surface area contributed by atoms with Crippen LogP contribution in [0.5, 0.6) is 0 Å². The fourth-order valence-corrected chi connectivity index (χ4v) is 5.73. The highest BCUT2D eigenvalue weighted by Crippen LogP contribution is 2.46. The van der Waals surface area contributed by atoms with Crippen molar-refractivity contribution in [3.8, 4) is 16.9 Å². The molecule has 0 saturated carbocycles. The third-order valence-corrected chi connectivity index (χ3v) is 7.22. The van der Waals surface area contributed by atoms with Crippen LogP contribution in [0.4, 0.5) is 0 Å². The van der Waals surface area contributed by atoms with Crippen molar-refractivity contribution in [1.29, 1.82) is 0 Å². The molecular weight excluding hydrogens is 499 g/mol. The number of halogens is 3. The molecule has 1 aromatic heterocycles. The van der Waals surface area contributed by atoms with Crippen LogP contribution < -0.4 is 5.73 Å². The Labute approximate surface area is 199 Å². The van der Waals surface area contributed by atoms with E-state index in [1.807, 2.05) is 12.1 Å². The van der Waals surface area contributed by atoms with E-state index in [1.54, 1.807) is 16.8 Å². The van der Waals surface area contributed by atoms with Crippen LogP contribution in [0.3, 0.4) is 0 Å². The van der Waals surface area contributed by atoms with E-state index in [2.05, 4.69) is 33.0 Å². The molecule has 0 bridgehead atoms. The van der Waals surface area contributed by atoms with Crippen LogP contribution in [0.1, 0.15) is 46.9 Å². The van der Waals surface area contributed by atoms with Crippen LogP contribution in [0.15, 0.2) is 40.9 Å². The second-order valence-corrected chi connectivity index (χ2v) is 9.86. The molecule has 1 fully saturated rings. The molecule has 2 heterocycles. The maximum atomic E-state index is 12.5. The Morgan fingerprint density at radius 1 is 1.10 bits per heavy atom. The first-order valence-electron chi connectivity index (χ1n) is 10.3. The summed E-state index contributed by atoms with van der Waals surface area (Å²) in [6.45, 7) is 2.00. The predicted molar refractivity (Wildman–Crippen MR) is 127 cm³/mol. The number of fused-ring (bicyclic) bond motifs is 3. The molecule has 1 aliphatic carbocycles. The molecule has 2 aliphatic rings. The summed E-state index contributed by atoms with van der Waals surface area (Å²) < 4.78 is 2.79. The smallest absolute Gasteiger partial charge is 0.269 e. The van der Waals surface area contributed by atoms with Gasteiger partial charge in [0.25, 0.3) is 5.91 Å². The topological polar surface area (TPSA) is 64.2 Å². The minimum absolute atomic E-state index is 0.0411. The Morgan fingerprint density at radius 3 is 2.58 bits per heavy atom. The SMILES string of the molecule is NC(=O)c1nn(-c2ccc(Cl)cc2Cl)c2c1C(N1CCCCC1)Cc1cc(Br)ccc1-2. The molecule has 1 unspecified atom stereocenters. The van der Waals surface area contributed by atoms with Crippen molar-refractivity contribution in [2.24, 2.45) is 5.73 Å². The van der Waals surface area contributed by atoms with E-state index in [9.17, 15) is 4.79 Å². The van der Waals surface area contributed by atoms with Gasteiger partial charge >= 0.3 is 0 Å². The average molecular weight is 520 g/mol. The van der Waals surface area contributed by atoms with Crippen LogP contribution in [0.2, 0.25) is 10.0 Å². The standard InChI is InChI=1S/C23H21BrCl2N4O/c24-14-4-6-16-13(10-14)11-19(29-8-2-1-3-9-29)20-21(23(27)31)28-30(22(16)20)18-7-5-15(25)12-17(18)26/h4-7,10,12,19H,1-3,8-9,11H2,(H2,27,31). The summed E-state index contributed by atoms with van der Waals surface area (Å²) in [4.78, 5) is 15.0. The Morgan fingerprint density at radius 2 is 1.87 bits per heavy atom. The zero-order valence-corrected chi connectivity index (χ0v) is 19.8. The summed E-state index contributed by atoms with van der Waals surface area (Å²) in [7, 11) is 0. The van der Waals surface area contributed by atoms with E-state index < -0.39 is 5.91 Å². The van der Waals surface area contributed by atoms with Gasteiger partial charge in [-0.1, -0.05) is 51.6 Å². The zero-order valence-electron chi connectivity index (χ0n) is 16.7. The van der Waals surface area contributed by atoms with Gasteiger partial charge in [0, 0.05) is 26.7 Å². The summed E-state index contributed by atoms with van der Waals surface area (Å²) in [5.74, 6) is -0.525. The molecule has 31 heavy (non-hydrogen) atoms. The number of piperidine rings is 1. The van der Waals surface area contributed by atoms with Gasteiger partial charge in [-0.3, -0.25) is 9.69 Å². The minimum Gasteiger partial charge on any atom is -0.364 e. The number of nitrogens with two attached hydrogens (primary N) is 1. The highest BCUT2D eigenvalue weighted by molar-refractivity contribution is 9.10. The molecule has 1 saturated heterocycles. The van der Waals surface area contributed by atoms with E-state index >= 15 is 0 Å². The molecule has 8 heteroatoms. The summed E-state index contributed by atoms with van der Waals surface area (Å²) in [5.41, 5.74) is 10.8. The Kier molecular flexibility index (Phi) is 5.59. The maximum absolute atomic E-state index is 12.5. The molecule has 2 aromatic carbocycles. The first-order valence-corrected chi connectivity index (χ1v) is 11.9. The molecule has 5 nitrogen and oxygen atoms in total. The third-order valence-electron chi connectivity index (χ3n) is 6.19. The lowest BCUT2D eigenvalue weighted by Crippen LogP contribution is -2.37. The van der Waals surface area contributed by atoms with E-state index in [-0.39, 0.29) is 6.04 Å². The summed E-state index contributed by atoms with van der Waals surface area (Å²) >= 11 is 16.3. The van der Waals surface area contributed by atoms with Crippen molar-refractivity contribution in [2.75, 3.05) is 13.1 Å². The van der Waals surface area contributed by atoms with Crippen molar-refractivity contribution in [1.82, 2.24) is 14.7 Å². The van der Waals surface area contributed by atoms with Gasteiger partial charge in [-0.15, -0.1) is 0 Å². The fraction of sp³-hybridized carbons (Fsp3) is 0.304. The second kappa shape index (κ2) is 8.24. The third kappa shape index (κ3) is 3.69. The number of amides is 1. The average Bonchev–Trinajstić information content (AvgIpc) is 3.14. The van der Waals surface area contributed by atoms with Gasteiger partial charge in [0.15, 0.2) is 5.69 Å². The predicted octanol–water partition coefficient (Wildman–Crippen LogP) is 5.79. The van der Waals surface area contributed by atoms with E-state index in [1.165, 1.54) is 12.0 Å². The number of rotatable bonds is 3. The molecule has 0 spiro atoms. The van der Waals surface area contributed by atoms with Crippen molar-refractivity contribution in [2.45, 2.75) is 31.7 Å².